The summed E-state index contributed by atoms with van der Waals surface area (Å²) in [4.78, 5) is 58.1. The zero-order valence-corrected chi connectivity index (χ0v) is 17.7. The van der Waals surface area contributed by atoms with Crippen LogP contribution in [0, 0.1) is 12.8 Å². The average molecular weight is 428 g/mol. The molecule has 1 aromatic carbocycles. The van der Waals surface area contributed by atoms with E-state index in [2.05, 4.69) is 31.2 Å². The molecule has 3 heterocycles. The number of piperazine rings is 1. The van der Waals surface area contributed by atoms with Crippen LogP contribution >= 0.6 is 0 Å². The first-order valence-electron chi connectivity index (χ1n) is 10.8. The normalized spacial score (nSPS) is 22.0. The van der Waals surface area contributed by atoms with Crippen molar-refractivity contribution in [1.29, 1.82) is 0 Å². The van der Waals surface area contributed by atoms with E-state index in [9.17, 15) is 19.2 Å². The van der Waals surface area contributed by atoms with Crippen molar-refractivity contribution in [2.75, 3.05) is 32.7 Å². The Morgan fingerprint density at radius 3 is 2.48 bits per heavy atom. The van der Waals surface area contributed by atoms with Crippen molar-refractivity contribution >= 4 is 24.4 Å². The van der Waals surface area contributed by atoms with Gasteiger partial charge in [-0.15, -0.1) is 0 Å². The van der Waals surface area contributed by atoms with Crippen LogP contribution in [0.2, 0.25) is 0 Å². The summed E-state index contributed by atoms with van der Waals surface area (Å²) in [6, 6.07) is 7.14. The standard InChI is InChI=1S/C22H28N4O5/c1-16-2-4-17(5-3-16)6-7-18-8-10-24(11-9-18)22(30)31-26-20(28)19-14-23(15-27)12-13-25(19)21(26)29/h2-5,15,18-19H,6-14H2,1H3. The summed E-state index contributed by atoms with van der Waals surface area (Å²) in [6.07, 6.45) is 3.80. The maximum absolute atomic E-state index is 12.6. The van der Waals surface area contributed by atoms with Crippen molar-refractivity contribution in [2.24, 2.45) is 5.92 Å². The largest absolute Gasteiger partial charge is 0.434 e. The molecule has 9 heteroatoms. The van der Waals surface area contributed by atoms with E-state index in [1.54, 1.807) is 4.90 Å². The van der Waals surface area contributed by atoms with Crippen molar-refractivity contribution in [3.8, 4) is 0 Å². The molecule has 1 unspecified atom stereocenters. The van der Waals surface area contributed by atoms with Crippen LogP contribution in [0.1, 0.15) is 30.4 Å². The molecule has 0 bridgehead atoms. The minimum Gasteiger partial charge on any atom is -0.341 e. The monoisotopic (exact) mass is 428 g/mol. The molecule has 5 amide bonds. The second-order valence-electron chi connectivity index (χ2n) is 8.54. The maximum atomic E-state index is 12.6. The third-order valence-electron chi connectivity index (χ3n) is 6.47. The highest BCUT2D eigenvalue weighted by Gasteiger charge is 2.50. The summed E-state index contributed by atoms with van der Waals surface area (Å²) in [5.74, 6) is -0.0680. The number of carbonyl (C=O) groups excluding carboxylic acids is 4. The van der Waals surface area contributed by atoms with Crippen molar-refractivity contribution < 1.29 is 24.0 Å². The fourth-order valence-corrected chi connectivity index (χ4v) is 4.44. The lowest BCUT2D eigenvalue weighted by atomic mass is 9.90. The summed E-state index contributed by atoms with van der Waals surface area (Å²) in [5, 5.41) is 0.560. The number of benzene rings is 1. The smallest absolute Gasteiger partial charge is 0.341 e. The molecule has 9 nitrogen and oxygen atoms in total. The van der Waals surface area contributed by atoms with Crippen LogP contribution in [0.3, 0.4) is 0 Å². The highest BCUT2D eigenvalue weighted by Crippen LogP contribution is 2.25. The van der Waals surface area contributed by atoms with Crippen LogP contribution in [0.5, 0.6) is 0 Å². The maximum Gasteiger partial charge on any atom is 0.434 e. The predicted molar refractivity (Wildman–Crippen MR) is 111 cm³/mol. The van der Waals surface area contributed by atoms with Gasteiger partial charge >= 0.3 is 12.1 Å². The van der Waals surface area contributed by atoms with Crippen molar-refractivity contribution in [2.45, 2.75) is 38.6 Å². The van der Waals surface area contributed by atoms with Crippen LogP contribution in [-0.4, -0.2) is 83.0 Å². The molecule has 3 saturated heterocycles. The Morgan fingerprint density at radius 1 is 1.10 bits per heavy atom. The quantitative estimate of drug-likeness (QED) is 0.527. The molecule has 0 saturated carbocycles. The number of carbonyl (C=O) groups is 4. The summed E-state index contributed by atoms with van der Waals surface area (Å²) >= 11 is 0. The van der Waals surface area contributed by atoms with Crippen molar-refractivity contribution in [3.63, 3.8) is 0 Å². The van der Waals surface area contributed by atoms with Crippen LogP contribution in [0.25, 0.3) is 0 Å². The van der Waals surface area contributed by atoms with Crippen LogP contribution in [0.4, 0.5) is 9.59 Å². The van der Waals surface area contributed by atoms with Crippen LogP contribution in [0.15, 0.2) is 24.3 Å². The summed E-state index contributed by atoms with van der Waals surface area (Å²) in [5.41, 5.74) is 2.57. The van der Waals surface area contributed by atoms with E-state index >= 15 is 0 Å². The van der Waals surface area contributed by atoms with E-state index in [1.807, 2.05) is 0 Å². The number of amides is 5. The molecule has 1 atom stereocenters. The van der Waals surface area contributed by atoms with Gasteiger partial charge in [-0.2, -0.15) is 0 Å². The molecule has 3 fully saturated rings. The molecule has 4 rings (SSSR count). The van der Waals surface area contributed by atoms with Crippen LogP contribution < -0.4 is 0 Å². The number of nitrogens with zero attached hydrogens (tertiary/aromatic N) is 4. The lowest BCUT2D eigenvalue weighted by molar-refractivity contribution is -0.152. The van der Waals surface area contributed by atoms with Gasteiger partial charge in [0.25, 0.3) is 5.91 Å². The van der Waals surface area contributed by atoms with E-state index in [4.69, 9.17) is 4.84 Å². The van der Waals surface area contributed by atoms with Gasteiger partial charge < -0.3 is 19.5 Å². The molecule has 0 N–H and O–H groups in total. The molecule has 1 aromatic rings. The number of fused-ring (bicyclic) bond motifs is 1. The highest BCUT2D eigenvalue weighted by atomic mass is 16.7. The summed E-state index contributed by atoms with van der Waals surface area (Å²) in [6.45, 7) is 3.88. The predicted octanol–water partition coefficient (Wildman–Crippen LogP) is 1.80. The number of hydroxylamine groups is 2. The minimum absolute atomic E-state index is 0.120. The molecular weight excluding hydrogens is 400 g/mol. The van der Waals surface area contributed by atoms with Gasteiger partial charge in [0.05, 0.1) is 6.54 Å². The molecule has 3 aliphatic heterocycles. The highest BCUT2D eigenvalue weighted by molar-refractivity contribution is 6.04. The van der Waals surface area contributed by atoms with Crippen molar-refractivity contribution in [1.82, 2.24) is 19.8 Å². The van der Waals surface area contributed by atoms with Gasteiger partial charge in [0.2, 0.25) is 6.41 Å². The molecule has 3 aliphatic rings. The Balaban J connectivity index is 1.25. The summed E-state index contributed by atoms with van der Waals surface area (Å²) in [7, 11) is 0. The number of imide groups is 1. The second kappa shape index (κ2) is 8.95. The van der Waals surface area contributed by atoms with Gasteiger partial charge in [-0.3, -0.25) is 9.59 Å². The number of urea groups is 1. The van der Waals surface area contributed by atoms with E-state index in [-0.39, 0.29) is 13.1 Å². The molecule has 0 spiro atoms. The number of hydrogen-bond donors (Lipinski definition) is 0. The number of likely N-dealkylation sites (tertiary alicyclic amines) is 1. The first-order chi connectivity index (χ1) is 15.0. The SMILES string of the molecule is Cc1ccc(CCC2CCN(C(=O)ON3C(=O)C4CN(C=O)CCN4C3=O)CC2)cc1. The zero-order chi connectivity index (χ0) is 22.0. The topological polar surface area (TPSA) is 90.5 Å². The second-order valence-corrected chi connectivity index (χ2v) is 8.54. The average Bonchev–Trinajstić information content (AvgIpc) is 3.03. The molecular formula is C22H28N4O5. The summed E-state index contributed by atoms with van der Waals surface area (Å²) < 4.78 is 0. The third kappa shape index (κ3) is 4.50. The fourth-order valence-electron chi connectivity index (χ4n) is 4.44. The number of piperidine rings is 1. The third-order valence-corrected chi connectivity index (χ3v) is 6.47. The van der Waals surface area contributed by atoms with Gasteiger partial charge in [-0.1, -0.05) is 34.9 Å². The van der Waals surface area contributed by atoms with Gasteiger partial charge in [0, 0.05) is 26.2 Å². The van der Waals surface area contributed by atoms with Gasteiger partial charge in [0.1, 0.15) is 6.04 Å². The van der Waals surface area contributed by atoms with Crippen LogP contribution in [-0.2, 0) is 20.8 Å². The Morgan fingerprint density at radius 2 is 1.81 bits per heavy atom. The first-order valence-corrected chi connectivity index (χ1v) is 10.8. The molecule has 0 aliphatic carbocycles. The zero-order valence-electron chi connectivity index (χ0n) is 17.7. The minimum atomic E-state index is -0.785. The molecule has 0 radical (unpaired) electrons. The van der Waals surface area contributed by atoms with E-state index in [0.717, 1.165) is 25.7 Å². The Hall–Kier alpha value is -3.10. The Kier molecular flexibility index (Phi) is 6.11. The van der Waals surface area contributed by atoms with Crippen molar-refractivity contribution in [3.05, 3.63) is 35.4 Å². The van der Waals surface area contributed by atoms with Gasteiger partial charge in [-0.25, -0.2) is 9.59 Å². The number of aryl methyl sites for hydroxylation is 2. The Bertz CT molecular complexity index is 850. The van der Waals surface area contributed by atoms with E-state index in [0.29, 0.717) is 37.0 Å². The number of rotatable bonds is 5. The lowest BCUT2D eigenvalue weighted by Crippen LogP contribution is -2.52. The van der Waals surface area contributed by atoms with Gasteiger partial charge in [0.15, 0.2) is 0 Å². The van der Waals surface area contributed by atoms with E-state index in [1.165, 1.54) is 20.9 Å². The van der Waals surface area contributed by atoms with E-state index < -0.39 is 24.1 Å². The Labute approximate surface area is 181 Å². The first kappa shape index (κ1) is 21.1. The van der Waals surface area contributed by atoms with Gasteiger partial charge in [-0.05, 0) is 44.1 Å². The fraction of sp³-hybridized carbons (Fsp3) is 0.545. The number of hydrogen-bond acceptors (Lipinski definition) is 5. The molecule has 31 heavy (non-hydrogen) atoms. The molecule has 166 valence electrons. The lowest BCUT2D eigenvalue weighted by Gasteiger charge is -2.32. The molecule has 0 aromatic heterocycles.